The Kier molecular flexibility index (Phi) is 7.98. The van der Waals surface area contributed by atoms with Crippen molar-refractivity contribution in [2.45, 2.75) is 52.4 Å². The minimum Gasteiger partial charge on any atom is -0.489 e. The molecule has 0 N–H and O–H groups in total. The lowest BCUT2D eigenvalue weighted by Crippen LogP contribution is -2.39. The Hall–Kier alpha value is -2.08. The first kappa shape index (κ1) is 23.6. The number of ether oxygens (including phenoxy) is 3. The van der Waals surface area contributed by atoms with Crippen molar-refractivity contribution in [3.8, 4) is 5.75 Å². The molecule has 0 bridgehead atoms. The molecule has 0 spiro atoms. The molecule has 1 aliphatic heterocycles. The third kappa shape index (κ3) is 7.23. The second-order valence-electron chi connectivity index (χ2n) is 8.90. The predicted octanol–water partition coefficient (Wildman–Crippen LogP) is 5.33. The van der Waals surface area contributed by atoms with Crippen LogP contribution in [0.2, 0.25) is 5.02 Å². The van der Waals surface area contributed by atoms with Gasteiger partial charge in [0.25, 0.3) is 0 Å². The Morgan fingerprint density at radius 1 is 1.19 bits per heavy atom. The highest BCUT2D eigenvalue weighted by atomic mass is 35.5. The van der Waals surface area contributed by atoms with Crippen molar-refractivity contribution in [3.05, 3.63) is 64.2 Å². The zero-order valence-electron chi connectivity index (χ0n) is 18.8. The number of rotatable bonds is 7. The quantitative estimate of drug-likeness (QED) is 0.539. The van der Waals surface area contributed by atoms with Crippen LogP contribution < -0.4 is 4.74 Å². The fraction of sp³-hybridized carbons (Fsp3) is 0.480. The van der Waals surface area contributed by atoms with Crippen molar-refractivity contribution in [1.29, 1.82) is 0 Å². The first-order valence-electron chi connectivity index (χ1n) is 10.7. The smallest absolute Gasteiger partial charge is 0.307 e. The first-order valence-corrected chi connectivity index (χ1v) is 11.1. The monoisotopic (exact) mass is 445 g/mol. The van der Waals surface area contributed by atoms with Crippen LogP contribution in [0.5, 0.6) is 5.75 Å². The van der Waals surface area contributed by atoms with Crippen molar-refractivity contribution >= 4 is 17.6 Å². The molecule has 0 aromatic heterocycles. The molecule has 2 aromatic carbocycles. The summed E-state index contributed by atoms with van der Waals surface area (Å²) in [5.74, 6) is 0.629. The molecule has 2 aromatic rings. The van der Waals surface area contributed by atoms with Crippen LogP contribution in [-0.4, -0.2) is 42.7 Å². The zero-order chi connectivity index (χ0) is 22.4. The third-order valence-corrected chi connectivity index (χ3v) is 5.66. The number of morpholine rings is 1. The minimum absolute atomic E-state index is 0.0207. The number of hydrogen-bond donors (Lipinski definition) is 0. The van der Waals surface area contributed by atoms with E-state index in [1.807, 2.05) is 70.2 Å². The van der Waals surface area contributed by atoms with Crippen LogP contribution in [0.3, 0.4) is 0 Å². The van der Waals surface area contributed by atoms with Gasteiger partial charge in [-0.05, 0) is 51.0 Å². The van der Waals surface area contributed by atoms with Gasteiger partial charge in [0.15, 0.2) is 0 Å². The van der Waals surface area contributed by atoms with Gasteiger partial charge in [0.05, 0.1) is 24.2 Å². The molecule has 1 fully saturated rings. The summed E-state index contributed by atoms with van der Waals surface area (Å²) in [6, 6.07) is 13.9. The third-order valence-electron chi connectivity index (χ3n) is 5.12. The Morgan fingerprint density at radius 3 is 2.65 bits per heavy atom. The second-order valence-corrected chi connectivity index (χ2v) is 9.28. The van der Waals surface area contributed by atoms with Gasteiger partial charge in [-0.25, -0.2) is 0 Å². The number of aryl methyl sites for hydroxylation is 1. The molecule has 5 nitrogen and oxygen atoms in total. The number of halogens is 1. The summed E-state index contributed by atoms with van der Waals surface area (Å²) >= 11 is 6.35. The lowest BCUT2D eigenvalue weighted by molar-refractivity contribution is -0.155. The summed E-state index contributed by atoms with van der Waals surface area (Å²) in [5.41, 5.74) is 2.67. The maximum absolute atomic E-state index is 12.0. The molecule has 1 heterocycles. The zero-order valence-corrected chi connectivity index (χ0v) is 19.6. The topological polar surface area (TPSA) is 48.0 Å². The number of carbonyl (C=O) groups is 1. The maximum atomic E-state index is 12.0. The highest BCUT2D eigenvalue weighted by Crippen LogP contribution is 2.26. The molecule has 0 aliphatic carbocycles. The lowest BCUT2D eigenvalue weighted by atomic mass is 10.1. The van der Waals surface area contributed by atoms with Gasteiger partial charge in [-0.2, -0.15) is 0 Å². The molecule has 168 valence electrons. The molecular weight excluding hydrogens is 414 g/mol. The van der Waals surface area contributed by atoms with Crippen molar-refractivity contribution in [2.75, 3.05) is 26.2 Å². The van der Waals surface area contributed by atoms with E-state index in [1.165, 1.54) is 0 Å². The van der Waals surface area contributed by atoms with Gasteiger partial charge in [-0.3, -0.25) is 9.69 Å². The molecular formula is C25H32ClNO4. The molecule has 1 aliphatic rings. The van der Waals surface area contributed by atoms with Gasteiger partial charge in [-0.1, -0.05) is 41.9 Å². The Bertz CT molecular complexity index is 876. The summed E-state index contributed by atoms with van der Waals surface area (Å²) in [5, 5.41) is 0.751. The van der Waals surface area contributed by atoms with Crippen LogP contribution in [-0.2, 0) is 20.9 Å². The number of carbonyl (C=O) groups excluding carboxylic acids is 1. The van der Waals surface area contributed by atoms with Gasteiger partial charge in [0.2, 0.25) is 0 Å². The molecule has 6 heteroatoms. The van der Waals surface area contributed by atoms with Crippen molar-refractivity contribution in [3.63, 3.8) is 0 Å². The van der Waals surface area contributed by atoms with Crippen molar-refractivity contribution in [2.24, 2.45) is 0 Å². The minimum atomic E-state index is -0.445. The van der Waals surface area contributed by atoms with E-state index in [0.29, 0.717) is 26.2 Å². The lowest BCUT2D eigenvalue weighted by Gasteiger charge is -2.33. The van der Waals surface area contributed by atoms with Gasteiger partial charge in [0, 0.05) is 25.2 Å². The van der Waals surface area contributed by atoms with E-state index in [2.05, 4.69) is 4.90 Å². The molecule has 1 atom stereocenters. The Morgan fingerprint density at radius 2 is 1.94 bits per heavy atom. The molecule has 1 unspecified atom stereocenters. The van der Waals surface area contributed by atoms with E-state index >= 15 is 0 Å². The van der Waals surface area contributed by atoms with E-state index in [9.17, 15) is 4.79 Å². The largest absolute Gasteiger partial charge is 0.489 e. The fourth-order valence-corrected chi connectivity index (χ4v) is 3.69. The van der Waals surface area contributed by atoms with Gasteiger partial charge < -0.3 is 14.2 Å². The van der Waals surface area contributed by atoms with Crippen LogP contribution >= 0.6 is 11.6 Å². The van der Waals surface area contributed by atoms with E-state index < -0.39 is 5.60 Å². The molecule has 0 amide bonds. The molecule has 0 radical (unpaired) electrons. The van der Waals surface area contributed by atoms with Gasteiger partial charge in [-0.15, -0.1) is 0 Å². The number of nitrogens with zero attached hydrogens (tertiary/aromatic N) is 1. The van der Waals surface area contributed by atoms with Gasteiger partial charge in [0.1, 0.15) is 18.0 Å². The van der Waals surface area contributed by atoms with Crippen LogP contribution in [0, 0.1) is 6.92 Å². The van der Waals surface area contributed by atoms with E-state index in [4.69, 9.17) is 25.8 Å². The highest BCUT2D eigenvalue weighted by molar-refractivity contribution is 6.32. The standard InChI is InChI=1S/C25H32ClNO4/c1-18-6-5-7-20(24(18)26)17-30-21-10-8-19(9-11-21)22-16-27(14-15-29-22)13-12-23(28)31-25(2,3)4/h5-11,22H,12-17H2,1-4H3. The van der Waals surface area contributed by atoms with Crippen molar-refractivity contribution in [1.82, 2.24) is 4.90 Å². The molecule has 3 rings (SSSR count). The molecule has 1 saturated heterocycles. The Balaban J connectivity index is 1.51. The van der Waals surface area contributed by atoms with Crippen LogP contribution in [0.4, 0.5) is 0 Å². The van der Waals surface area contributed by atoms with Gasteiger partial charge >= 0.3 is 5.97 Å². The number of esters is 1. The Labute approximate surface area is 190 Å². The van der Waals surface area contributed by atoms with E-state index in [1.54, 1.807) is 0 Å². The summed E-state index contributed by atoms with van der Waals surface area (Å²) in [7, 11) is 0. The SMILES string of the molecule is Cc1cccc(COc2ccc(C3CN(CCC(=O)OC(C)(C)C)CCO3)cc2)c1Cl. The average Bonchev–Trinajstić information content (AvgIpc) is 2.73. The normalized spacial score (nSPS) is 17.4. The van der Waals surface area contributed by atoms with Crippen molar-refractivity contribution < 1.29 is 19.0 Å². The van der Waals surface area contributed by atoms with E-state index in [0.717, 1.165) is 40.6 Å². The molecule has 31 heavy (non-hydrogen) atoms. The molecule has 0 saturated carbocycles. The summed E-state index contributed by atoms with van der Waals surface area (Å²) in [6.45, 7) is 11.0. The van der Waals surface area contributed by atoms with E-state index in [-0.39, 0.29) is 12.1 Å². The van der Waals surface area contributed by atoms with Crippen LogP contribution in [0.15, 0.2) is 42.5 Å². The maximum Gasteiger partial charge on any atom is 0.307 e. The van der Waals surface area contributed by atoms with Crippen LogP contribution in [0.25, 0.3) is 0 Å². The predicted molar refractivity (Wildman–Crippen MR) is 123 cm³/mol. The first-order chi connectivity index (χ1) is 14.7. The number of hydrogen-bond acceptors (Lipinski definition) is 5. The summed E-state index contributed by atoms with van der Waals surface area (Å²) in [6.07, 6.45) is 0.366. The fourth-order valence-electron chi connectivity index (χ4n) is 3.51. The summed E-state index contributed by atoms with van der Waals surface area (Å²) in [4.78, 5) is 14.2. The highest BCUT2D eigenvalue weighted by Gasteiger charge is 2.23. The van der Waals surface area contributed by atoms with Crippen LogP contribution in [0.1, 0.15) is 50.0 Å². The summed E-state index contributed by atoms with van der Waals surface area (Å²) < 4.78 is 17.3. The number of benzene rings is 2. The second kappa shape index (κ2) is 10.5. The average molecular weight is 446 g/mol.